The number of rotatable bonds is 4. The molecule has 20 heavy (non-hydrogen) atoms. The van der Waals surface area contributed by atoms with Crippen LogP contribution in [-0.4, -0.2) is 48.1 Å². The molecule has 5 heteroatoms. The van der Waals surface area contributed by atoms with Crippen molar-refractivity contribution >= 4 is 22.9 Å². The van der Waals surface area contributed by atoms with Crippen molar-refractivity contribution in [1.82, 2.24) is 9.80 Å². The van der Waals surface area contributed by atoms with Crippen LogP contribution in [0.25, 0.3) is 0 Å². The SMILES string of the molecule is CCC(N)C(c1ccc(Cl)s1)N1CC(C)N(C)C(C)C1. The van der Waals surface area contributed by atoms with E-state index in [1.54, 1.807) is 11.3 Å². The van der Waals surface area contributed by atoms with Gasteiger partial charge < -0.3 is 5.73 Å². The predicted molar refractivity (Wildman–Crippen MR) is 88.6 cm³/mol. The molecule has 0 aliphatic carbocycles. The monoisotopic (exact) mass is 315 g/mol. The lowest BCUT2D eigenvalue weighted by Crippen LogP contribution is -2.57. The smallest absolute Gasteiger partial charge is 0.0931 e. The molecule has 0 radical (unpaired) electrons. The Morgan fingerprint density at radius 3 is 2.40 bits per heavy atom. The van der Waals surface area contributed by atoms with Gasteiger partial charge in [0, 0.05) is 36.1 Å². The van der Waals surface area contributed by atoms with Gasteiger partial charge in [0.05, 0.1) is 10.4 Å². The van der Waals surface area contributed by atoms with E-state index < -0.39 is 0 Å². The minimum Gasteiger partial charge on any atom is -0.326 e. The number of piperazine rings is 1. The van der Waals surface area contributed by atoms with Gasteiger partial charge in [-0.05, 0) is 39.4 Å². The summed E-state index contributed by atoms with van der Waals surface area (Å²) in [7, 11) is 2.21. The Kier molecular flexibility index (Phi) is 5.49. The van der Waals surface area contributed by atoms with Crippen LogP contribution in [0.15, 0.2) is 12.1 Å². The third-order valence-corrected chi connectivity index (χ3v) is 5.85. The summed E-state index contributed by atoms with van der Waals surface area (Å²) in [5.74, 6) is 0. The fourth-order valence-corrected chi connectivity index (χ4v) is 4.32. The average Bonchev–Trinajstić information content (AvgIpc) is 2.82. The van der Waals surface area contributed by atoms with Gasteiger partial charge in [0.2, 0.25) is 0 Å². The Hall–Kier alpha value is -0.130. The Labute approximate surface area is 131 Å². The molecule has 2 N–H and O–H groups in total. The summed E-state index contributed by atoms with van der Waals surface area (Å²) in [6.07, 6.45) is 0.981. The van der Waals surface area contributed by atoms with E-state index in [1.807, 2.05) is 6.07 Å². The van der Waals surface area contributed by atoms with Crippen LogP contribution in [0.3, 0.4) is 0 Å². The molecule has 0 bridgehead atoms. The fraction of sp³-hybridized carbons (Fsp3) is 0.733. The number of thiophene rings is 1. The minimum atomic E-state index is 0.160. The van der Waals surface area contributed by atoms with Gasteiger partial charge in [0.25, 0.3) is 0 Å². The molecule has 1 aromatic rings. The zero-order chi connectivity index (χ0) is 14.9. The van der Waals surface area contributed by atoms with Gasteiger partial charge in [-0.2, -0.15) is 0 Å². The van der Waals surface area contributed by atoms with E-state index in [0.29, 0.717) is 12.1 Å². The number of nitrogens with two attached hydrogens (primary N) is 1. The number of halogens is 1. The summed E-state index contributed by atoms with van der Waals surface area (Å²) in [5, 5.41) is 0. The highest BCUT2D eigenvalue weighted by Crippen LogP contribution is 2.34. The summed E-state index contributed by atoms with van der Waals surface area (Å²) in [5.41, 5.74) is 6.42. The zero-order valence-electron chi connectivity index (χ0n) is 12.8. The summed E-state index contributed by atoms with van der Waals surface area (Å²) in [6.45, 7) is 8.87. The standard InChI is InChI=1S/C15H26ClN3S/c1-5-12(17)15(13-6-7-14(16)20-13)19-8-10(2)18(4)11(3)9-19/h6-7,10-12,15H,5,8-9,17H2,1-4H3. The van der Waals surface area contributed by atoms with Crippen LogP contribution in [-0.2, 0) is 0 Å². The average molecular weight is 316 g/mol. The summed E-state index contributed by atoms with van der Waals surface area (Å²) in [6, 6.07) is 5.69. The molecule has 3 nitrogen and oxygen atoms in total. The van der Waals surface area contributed by atoms with E-state index in [-0.39, 0.29) is 12.1 Å². The van der Waals surface area contributed by atoms with E-state index in [4.69, 9.17) is 17.3 Å². The molecule has 4 unspecified atom stereocenters. The molecular weight excluding hydrogens is 290 g/mol. The highest BCUT2D eigenvalue weighted by molar-refractivity contribution is 7.16. The van der Waals surface area contributed by atoms with Gasteiger partial charge >= 0.3 is 0 Å². The molecule has 0 spiro atoms. The van der Waals surface area contributed by atoms with Crippen molar-refractivity contribution in [2.75, 3.05) is 20.1 Å². The van der Waals surface area contributed by atoms with Crippen molar-refractivity contribution in [2.45, 2.75) is 51.4 Å². The second kappa shape index (κ2) is 6.75. The van der Waals surface area contributed by atoms with Gasteiger partial charge in [-0.25, -0.2) is 0 Å². The van der Waals surface area contributed by atoms with E-state index in [9.17, 15) is 0 Å². The van der Waals surface area contributed by atoms with E-state index in [1.165, 1.54) is 4.88 Å². The third-order valence-electron chi connectivity index (χ3n) is 4.54. The van der Waals surface area contributed by atoms with Crippen LogP contribution < -0.4 is 5.73 Å². The van der Waals surface area contributed by atoms with Gasteiger partial charge in [-0.15, -0.1) is 11.3 Å². The third kappa shape index (κ3) is 3.37. The number of hydrogen-bond acceptors (Lipinski definition) is 4. The second-order valence-corrected chi connectivity index (χ2v) is 7.72. The van der Waals surface area contributed by atoms with E-state index in [2.05, 4.69) is 43.7 Å². The van der Waals surface area contributed by atoms with Crippen molar-refractivity contribution in [3.8, 4) is 0 Å². The molecule has 0 amide bonds. The topological polar surface area (TPSA) is 32.5 Å². The predicted octanol–water partition coefficient (Wildman–Crippen LogP) is 3.20. The number of likely N-dealkylation sites (N-methyl/N-ethyl adjacent to an activating group) is 1. The molecule has 2 rings (SSSR count). The van der Waals surface area contributed by atoms with Crippen LogP contribution in [0.5, 0.6) is 0 Å². The van der Waals surface area contributed by atoms with E-state index >= 15 is 0 Å². The largest absolute Gasteiger partial charge is 0.326 e. The lowest BCUT2D eigenvalue weighted by molar-refractivity contribution is 0.0264. The molecule has 4 atom stereocenters. The van der Waals surface area contributed by atoms with Crippen molar-refractivity contribution in [3.63, 3.8) is 0 Å². The lowest BCUT2D eigenvalue weighted by atomic mass is 9.99. The van der Waals surface area contributed by atoms with Crippen LogP contribution in [0.1, 0.15) is 38.1 Å². The molecule has 114 valence electrons. The second-order valence-electron chi connectivity index (χ2n) is 5.98. The fourth-order valence-electron chi connectivity index (χ4n) is 3.04. The quantitative estimate of drug-likeness (QED) is 0.926. The first-order valence-electron chi connectivity index (χ1n) is 7.40. The molecule has 1 aliphatic rings. The van der Waals surface area contributed by atoms with Crippen molar-refractivity contribution in [2.24, 2.45) is 5.73 Å². The molecule has 0 aromatic carbocycles. The summed E-state index contributed by atoms with van der Waals surface area (Å²) in [4.78, 5) is 6.30. The molecule has 1 fully saturated rings. The number of nitrogens with zero attached hydrogens (tertiary/aromatic N) is 2. The number of hydrogen-bond donors (Lipinski definition) is 1. The Morgan fingerprint density at radius 2 is 1.95 bits per heavy atom. The van der Waals surface area contributed by atoms with Crippen LogP contribution in [0, 0.1) is 0 Å². The highest BCUT2D eigenvalue weighted by atomic mass is 35.5. The molecule has 1 aromatic heterocycles. The van der Waals surface area contributed by atoms with Crippen LogP contribution >= 0.6 is 22.9 Å². The van der Waals surface area contributed by atoms with E-state index in [0.717, 1.165) is 23.8 Å². The Bertz CT molecular complexity index is 425. The first-order valence-corrected chi connectivity index (χ1v) is 8.60. The normalized spacial score (nSPS) is 28.5. The highest BCUT2D eigenvalue weighted by Gasteiger charge is 2.34. The Balaban J connectivity index is 2.23. The summed E-state index contributed by atoms with van der Waals surface area (Å²) < 4.78 is 0.850. The van der Waals surface area contributed by atoms with Crippen molar-refractivity contribution < 1.29 is 0 Å². The maximum absolute atomic E-state index is 6.42. The van der Waals surface area contributed by atoms with Gasteiger partial charge in [-0.1, -0.05) is 18.5 Å². The molecule has 2 heterocycles. The zero-order valence-corrected chi connectivity index (χ0v) is 14.4. The Morgan fingerprint density at radius 1 is 1.35 bits per heavy atom. The first-order chi connectivity index (χ1) is 9.43. The molecular formula is C15H26ClN3S. The maximum atomic E-state index is 6.42. The first kappa shape index (κ1) is 16.2. The van der Waals surface area contributed by atoms with Crippen molar-refractivity contribution in [3.05, 3.63) is 21.3 Å². The molecule has 1 saturated heterocycles. The van der Waals surface area contributed by atoms with Crippen LogP contribution in [0.2, 0.25) is 4.34 Å². The molecule has 0 saturated carbocycles. The molecule has 1 aliphatic heterocycles. The van der Waals surface area contributed by atoms with Crippen molar-refractivity contribution in [1.29, 1.82) is 0 Å². The maximum Gasteiger partial charge on any atom is 0.0931 e. The van der Waals surface area contributed by atoms with Gasteiger partial charge in [-0.3, -0.25) is 9.80 Å². The van der Waals surface area contributed by atoms with Gasteiger partial charge in [0.15, 0.2) is 0 Å². The van der Waals surface area contributed by atoms with Crippen LogP contribution in [0.4, 0.5) is 0 Å². The minimum absolute atomic E-state index is 0.160. The van der Waals surface area contributed by atoms with Gasteiger partial charge in [0.1, 0.15) is 0 Å². The lowest BCUT2D eigenvalue weighted by Gasteiger charge is -2.46. The summed E-state index contributed by atoms with van der Waals surface area (Å²) >= 11 is 7.79.